The molecule has 1 unspecified atom stereocenters. The van der Waals surface area contributed by atoms with Crippen molar-refractivity contribution in [2.75, 3.05) is 0 Å². The van der Waals surface area contributed by atoms with Crippen LogP contribution in [0.25, 0.3) is 0 Å². The fourth-order valence-electron chi connectivity index (χ4n) is 2.03. The van der Waals surface area contributed by atoms with E-state index < -0.39 is 12.1 Å². The molecule has 2 atom stereocenters. The molecule has 4 heteroatoms. The Hall–Kier alpha value is -1.39. The Kier molecular flexibility index (Phi) is 4.33. The first kappa shape index (κ1) is 13.1. The summed E-state index contributed by atoms with van der Waals surface area (Å²) in [5.74, 6) is -0.344. The Morgan fingerprint density at radius 1 is 1.39 bits per heavy atom. The van der Waals surface area contributed by atoms with Crippen molar-refractivity contribution in [3.05, 3.63) is 35.9 Å². The van der Waals surface area contributed by atoms with E-state index in [1.54, 1.807) is 0 Å². The highest BCUT2D eigenvalue weighted by atomic mass is 16.3. The molecule has 4 N–H and O–H groups in total. The SMILES string of the molecule is N[C@@H](Cc1ccccc1)C(O)C(=O)NC1CCC1. The summed E-state index contributed by atoms with van der Waals surface area (Å²) in [4.78, 5) is 11.7. The summed E-state index contributed by atoms with van der Waals surface area (Å²) in [7, 11) is 0. The van der Waals surface area contributed by atoms with Gasteiger partial charge in [0.1, 0.15) is 6.10 Å². The lowest BCUT2D eigenvalue weighted by Crippen LogP contribution is -2.51. The van der Waals surface area contributed by atoms with Crippen molar-refractivity contribution in [3.8, 4) is 0 Å². The number of aliphatic hydroxyl groups is 1. The van der Waals surface area contributed by atoms with Crippen LogP contribution >= 0.6 is 0 Å². The van der Waals surface area contributed by atoms with Crippen LogP contribution in [-0.2, 0) is 11.2 Å². The van der Waals surface area contributed by atoms with Crippen molar-refractivity contribution < 1.29 is 9.90 Å². The third-order valence-electron chi connectivity index (χ3n) is 3.44. The molecule has 1 aliphatic carbocycles. The number of benzene rings is 1. The first-order valence-corrected chi connectivity index (χ1v) is 6.45. The molecule has 1 saturated carbocycles. The number of amides is 1. The van der Waals surface area contributed by atoms with Crippen LogP contribution in [0.5, 0.6) is 0 Å². The Morgan fingerprint density at radius 3 is 2.61 bits per heavy atom. The maximum Gasteiger partial charge on any atom is 0.250 e. The minimum absolute atomic E-state index is 0.232. The Labute approximate surface area is 107 Å². The average Bonchev–Trinajstić information content (AvgIpc) is 2.33. The van der Waals surface area contributed by atoms with Crippen LogP contribution in [0, 0.1) is 0 Å². The van der Waals surface area contributed by atoms with E-state index in [0.29, 0.717) is 6.42 Å². The summed E-state index contributed by atoms with van der Waals surface area (Å²) in [6.07, 6.45) is 2.53. The van der Waals surface area contributed by atoms with Crippen molar-refractivity contribution in [2.45, 2.75) is 43.9 Å². The highest BCUT2D eigenvalue weighted by Gasteiger charge is 2.27. The molecule has 1 aromatic carbocycles. The second-order valence-corrected chi connectivity index (χ2v) is 4.93. The average molecular weight is 248 g/mol. The molecule has 1 aromatic rings. The molecule has 18 heavy (non-hydrogen) atoms. The van der Waals surface area contributed by atoms with Gasteiger partial charge in [0.25, 0.3) is 5.91 Å². The van der Waals surface area contributed by atoms with E-state index in [9.17, 15) is 9.90 Å². The summed E-state index contributed by atoms with van der Waals surface area (Å²) in [6, 6.07) is 9.32. The van der Waals surface area contributed by atoms with E-state index in [0.717, 1.165) is 24.8 Å². The number of carbonyl (C=O) groups is 1. The zero-order valence-electron chi connectivity index (χ0n) is 10.4. The predicted molar refractivity (Wildman–Crippen MR) is 69.9 cm³/mol. The van der Waals surface area contributed by atoms with E-state index in [-0.39, 0.29) is 11.9 Å². The minimum Gasteiger partial charge on any atom is -0.382 e. The van der Waals surface area contributed by atoms with Gasteiger partial charge in [-0.3, -0.25) is 4.79 Å². The summed E-state index contributed by atoms with van der Waals surface area (Å²) >= 11 is 0. The topological polar surface area (TPSA) is 75.3 Å². The van der Waals surface area contributed by atoms with Crippen LogP contribution in [0.3, 0.4) is 0 Å². The van der Waals surface area contributed by atoms with Gasteiger partial charge in [-0.2, -0.15) is 0 Å². The molecule has 0 spiro atoms. The number of carbonyl (C=O) groups excluding carboxylic acids is 1. The third kappa shape index (κ3) is 3.31. The van der Waals surface area contributed by atoms with Crippen LogP contribution in [-0.4, -0.2) is 29.2 Å². The van der Waals surface area contributed by atoms with Gasteiger partial charge in [-0.05, 0) is 31.2 Å². The molecule has 0 saturated heterocycles. The third-order valence-corrected chi connectivity index (χ3v) is 3.44. The quantitative estimate of drug-likeness (QED) is 0.713. The van der Waals surface area contributed by atoms with Gasteiger partial charge < -0.3 is 16.2 Å². The van der Waals surface area contributed by atoms with Gasteiger partial charge in [-0.15, -0.1) is 0 Å². The van der Waals surface area contributed by atoms with Gasteiger partial charge in [-0.1, -0.05) is 30.3 Å². The number of hydrogen-bond donors (Lipinski definition) is 3. The molecular formula is C14H20N2O2. The molecule has 0 heterocycles. The standard InChI is InChI=1S/C14H20N2O2/c15-12(9-10-5-2-1-3-6-10)13(17)14(18)16-11-7-4-8-11/h1-3,5-6,11-13,17H,4,7-9,15H2,(H,16,18)/t12-,13?/m0/s1. The number of aliphatic hydroxyl groups excluding tert-OH is 1. The molecule has 0 aromatic heterocycles. The van der Waals surface area contributed by atoms with Gasteiger partial charge in [-0.25, -0.2) is 0 Å². The summed E-state index contributed by atoms with van der Waals surface area (Å²) < 4.78 is 0. The van der Waals surface area contributed by atoms with Gasteiger partial charge in [0, 0.05) is 12.1 Å². The highest BCUT2D eigenvalue weighted by Crippen LogP contribution is 2.18. The number of rotatable bonds is 5. The van der Waals surface area contributed by atoms with Gasteiger partial charge in [0.05, 0.1) is 0 Å². The number of nitrogens with two attached hydrogens (primary N) is 1. The second kappa shape index (κ2) is 5.98. The second-order valence-electron chi connectivity index (χ2n) is 4.93. The molecule has 2 rings (SSSR count). The van der Waals surface area contributed by atoms with E-state index >= 15 is 0 Å². The first-order valence-electron chi connectivity index (χ1n) is 6.45. The molecule has 98 valence electrons. The maximum atomic E-state index is 11.7. The smallest absolute Gasteiger partial charge is 0.250 e. The zero-order chi connectivity index (χ0) is 13.0. The first-order chi connectivity index (χ1) is 8.66. The maximum absolute atomic E-state index is 11.7. The van der Waals surface area contributed by atoms with Crippen LogP contribution < -0.4 is 11.1 Å². The molecule has 0 radical (unpaired) electrons. The molecule has 0 bridgehead atoms. The summed E-state index contributed by atoms with van der Waals surface area (Å²) in [6.45, 7) is 0. The van der Waals surface area contributed by atoms with Crippen molar-refractivity contribution in [1.82, 2.24) is 5.32 Å². The van der Waals surface area contributed by atoms with Crippen LogP contribution in [0.2, 0.25) is 0 Å². The van der Waals surface area contributed by atoms with Crippen LogP contribution in [0.15, 0.2) is 30.3 Å². The van der Waals surface area contributed by atoms with E-state index in [2.05, 4.69) is 5.32 Å². The number of nitrogens with one attached hydrogen (secondary N) is 1. The van der Waals surface area contributed by atoms with E-state index in [1.807, 2.05) is 30.3 Å². The molecule has 1 amide bonds. The van der Waals surface area contributed by atoms with E-state index in [4.69, 9.17) is 5.73 Å². The lowest BCUT2D eigenvalue weighted by Gasteiger charge is -2.28. The molecule has 1 aliphatic rings. The fraction of sp³-hybridized carbons (Fsp3) is 0.500. The molecule has 1 fully saturated rings. The van der Waals surface area contributed by atoms with Crippen molar-refractivity contribution >= 4 is 5.91 Å². The van der Waals surface area contributed by atoms with Crippen molar-refractivity contribution in [3.63, 3.8) is 0 Å². The lowest BCUT2D eigenvalue weighted by molar-refractivity contribution is -0.131. The van der Waals surface area contributed by atoms with Crippen molar-refractivity contribution in [1.29, 1.82) is 0 Å². The van der Waals surface area contributed by atoms with Gasteiger partial charge in [0.15, 0.2) is 0 Å². The molecule has 4 nitrogen and oxygen atoms in total. The summed E-state index contributed by atoms with van der Waals surface area (Å²) in [5.41, 5.74) is 6.90. The van der Waals surface area contributed by atoms with Crippen molar-refractivity contribution in [2.24, 2.45) is 5.73 Å². The van der Waals surface area contributed by atoms with E-state index in [1.165, 1.54) is 0 Å². The molecular weight excluding hydrogens is 228 g/mol. The van der Waals surface area contributed by atoms with Crippen LogP contribution in [0.1, 0.15) is 24.8 Å². The number of hydrogen-bond acceptors (Lipinski definition) is 3. The fourth-order valence-corrected chi connectivity index (χ4v) is 2.03. The van der Waals surface area contributed by atoms with Gasteiger partial charge >= 0.3 is 0 Å². The minimum atomic E-state index is -1.13. The lowest BCUT2D eigenvalue weighted by atomic mass is 9.92. The van der Waals surface area contributed by atoms with Gasteiger partial charge in [0.2, 0.25) is 0 Å². The highest BCUT2D eigenvalue weighted by molar-refractivity contribution is 5.81. The largest absolute Gasteiger partial charge is 0.382 e. The Morgan fingerprint density at radius 2 is 2.06 bits per heavy atom. The molecule has 0 aliphatic heterocycles. The Balaban J connectivity index is 1.83. The normalized spacial score (nSPS) is 18.8. The Bertz CT molecular complexity index is 390. The monoisotopic (exact) mass is 248 g/mol. The van der Waals surface area contributed by atoms with Crippen LogP contribution in [0.4, 0.5) is 0 Å². The predicted octanol–water partition coefficient (Wildman–Crippen LogP) is 0.586. The summed E-state index contributed by atoms with van der Waals surface area (Å²) in [5, 5.41) is 12.7. The zero-order valence-corrected chi connectivity index (χ0v) is 10.4.